The smallest absolute Gasteiger partial charge is 0.292 e. The van der Waals surface area contributed by atoms with Gasteiger partial charge in [0.1, 0.15) is 5.69 Å². The highest BCUT2D eigenvalue weighted by molar-refractivity contribution is 5.65. The van der Waals surface area contributed by atoms with Gasteiger partial charge >= 0.3 is 0 Å². The van der Waals surface area contributed by atoms with Crippen molar-refractivity contribution >= 4 is 11.4 Å². The van der Waals surface area contributed by atoms with E-state index in [1.807, 2.05) is 18.0 Å². The van der Waals surface area contributed by atoms with E-state index >= 15 is 0 Å². The van der Waals surface area contributed by atoms with Gasteiger partial charge in [0.05, 0.1) is 16.6 Å². The minimum Gasteiger partial charge on any atom is -0.367 e. The topological polar surface area (TPSA) is 82.2 Å². The predicted octanol–water partition coefficient (Wildman–Crippen LogP) is 1.65. The van der Waals surface area contributed by atoms with Gasteiger partial charge in [0, 0.05) is 25.7 Å². The Hall–Kier alpha value is -2.13. The van der Waals surface area contributed by atoms with Gasteiger partial charge in [-0.1, -0.05) is 0 Å². The lowest BCUT2D eigenvalue weighted by atomic mass is 10.1. The average Bonchev–Trinajstić information content (AvgIpc) is 2.90. The molecule has 1 atom stereocenters. The van der Waals surface area contributed by atoms with Gasteiger partial charge in [-0.2, -0.15) is 5.26 Å². The molecule has 1 heterocycles. The standard InChI is InChI=1S/C13H16N4O2/c1-16(9-11-3-2-6-15-11)13-7-10(8-14)4-5-12(13)17(18)19/h4-5,7,11,15H,2-3,6,9H2,1H3. The maximum Gasteiger partial charge on any atom is 0.292 e. The number of nitrogens with one attached hydrogen (secondary N) is 1. The van der Waals surface area contributed by atoms with Crippen LogP contribution in [0, 0.1) is 21.4 Å². The Morgan fingerprint density at radius 2 is 2.42 bits per heavy atom. The minimum absolute atomic E-state index is 0.0412. The number of rotatable bonds is 4. The highest BCUT2D eigenvalue weighted by Crippen LogP contribution is 2.28. The van der Waals surface area contributed by atoms with Crippen LogP contribution < -0.4 is 10.2 Å². The van der Waals surface area contributed by atoms with Gasteiger partial charge < -0.3 is 10.2 Å². The third-order valence-electron chi connectivity index (χ3n) is 3.37. The first-order valence-electron chi connectivity index (χ1n) is 6.25. The fourth-order valence-electron chi connectivity index (χ4n) is 2.39. The van der Waals surface area contributed by atoms with Gasteiger partial charge in [0.15, 0.2) is 0 Å². The summed E-state index contributed by atoms with van der Waals surface area (Å²) < 4.78 is 0. The molecule has 100 valence electrons. The Bertz CT molecular complexity index is 518. The number of nitrogens with zero attached hydrogens (tertiary/aromatic N) is 3. The molecule has 2 rings (SSSR count). The molecule has 0 bridgehead atoms. The number of hydrogen-bond donors (Lipinski definition) is 1. The zero-order valence-electron chi connectivity index (χ0n) is 10.8. The number of likely N-dealkylation sites (N-methyl/N-ethyl adjacent to an activating group) is 1. The lowest BCUT2D eigenvalue weighted by molar-refractivity contribution is -0.384. The van der Waals surface area contributed by atoms with E-state index in [2.05, 4.69) is 5.32 Å². The molecule has 1 unspecified atom stereocenters. The second kappa shape index (κ2) is 5.67. The van der Waals surface area contributed by atoms with E-state index in [-0.39, 0.29) is 5.69 Å². The van der Waals surface area contributed by atoms with E-state index in [0.29, 0.717) is 23.8 Å². The second-order valence-corrected chi connectivity index (χ2v) is 4.75. The molecular weight excluding hydrogens is 244 g/mol. The average molecular weight is 260 g/mol. The summed E-state index contributed by atoms with van der Waals surface area (Å²) in [7, 11) is 1.82. The minimum atomic E-state index is -0.408. The summed E-state index contributed by atoms with van der Waals surface area (Å²) in [6.45, 7) is 1.70. The molecule has 0 amide bonds. The van der Waals surface area contributed by atoms with E-state index in [9.17, 15) is 10.1 Å². The predicted molar refractivity (Wildman–Crippen MR) is 72.1 cm³/mol. The molecule has 19 heavy (non-hydrogen) atoms. The molecule has 1 N–H and O–H groups in total. The van der Waals surface area contributed by atoms with Gasteiger partial charge in [-0.25, -0.2) is 0 Å². The van der Waals surface area contributed by atoms with Crippen LogP contribution in [0.2, 0.25) is 0 Å². The summed E-state index contributed by atoms with van der Waals surface area (Å²) in [6, 6.07) is 6.82. The maximum absolute atomic E-state index is 11.0. The summed E-state index contributed by atoms with van der Waals surface area (Å²) in [5.41, 5.74) is 0.976. The van der Waals surface area contributed by atoms with Gasteiger partial charge in [-0.3, -0.25) is 10.1 Å². The normalized spacial score (nSPS) is 18.0. The van der Waals surface area contributed by atoms with Crippen LogP contribution in [0.4, 0.5) is 11.4 Å². The third kappa shape index (κ3) is 3.01. The second-order valence-electron chi connectivity index (χ2n) is 4.75. The molecule has 1 aliphatic rings. The lowest BCUT2D eigenvalue weighted by Gasteiger charge is -2.23. The molecule has 6 heteroatoms. The van der Waals surface area contributed by atoms with Gasteiger partial charge in [0.2, 0.25) is 0 Å². The number of anilines is 1. The number of nitriles is 1. The van der Waals surface area contributed by atoms with Crippen LogP contribution in [0.3, 0.4) is 0 Å². The monoisotopic (exact) mass is 260 g/mol. The number of nitro benzene ring substituents is 1. The molecule has 1 aliphatic heterocycles. The van der Waals surface area contributed by atoms with Gasteiger partial charge in [0.25, 0.3) is 5.69 Å². The van der Waals surface area contributed by atoms with E-state index < -0.39 is 4.92 Å². The Morgan fingerprint density at radius 3 is 3.00 bits per heavy atom. The Kier molecular flexibility index (Phi) is 3.97. The van der Waals surface area contributed by atoms with Crippen molar-refractivity contribution in [3.8, 4) is 6.07 Å². The molecule has 6 nitrogen and oxygen atoms in total. The van der Waals surface area contributed by atoms with Crippen molar-refractivity contribution in [2.45, 2.75) is 18.9 Å². The lowest BCUT2D eigenvalue weighted by Crippen LogP contribution is -2.35. The Balaban J connectivity index is 2.24. The molecule has 0 spiro atoms. The van der Waals surface area contributed by atoms with Crippen LogP contribution >= 0.6 is 0 Å². The number of benzene rings is 1. The zero-order valence-corrected chi connectivity index (χ0v) is 10.8. The molecule has 1 saturated heterocycles. The number of nitro groups is 1. The van der Waals surface area contributed by atoms with Crippen LogP contribution in [0.5, 0.6) is 0 Å². The SMILES string of the molecule is CN(CC1CCCN1)c1cc(C#N)ccc1[N+](=O)[O-]. The summed E-state index contributed by atoms with van der Waals surface area (Å²) in [5.74, 6) is 0. The van der Waals surface area contributed by atoms with Crippen LogP contribution in [0.15, 0.2) is 18.2 Å². The van der Waals surface area contributed by atoms with Crippen molar-refractivity contribution < 1.29 is 4.92 Å². The highest BCUT2D eigenvalue weighted by atomic mass is 16.6. The molecule has 1 fully saturated rings. The highest BCUT2D eigenvalue weighted by Gasteiger charge is 2.21. The van der Waals surface area contributed by atoms with Gasteiger partial charge in [-0.05, 0) is 31.5 Å². The molecule has 1 aromatic carbocycles. The van der Waals surface area contributed by atoms with Crippen molar-refractivity contribution in [2.75, 3.05) is 25.0 Å². The third-order valence-corrected chi connectivity index (χ3v) is 3.37. The first-order chi connectivity index (χ1) is 9.11. The van der Waals surface area contributed by atoms with Crippen molar-refractivity contribution in [2.24, 2.45) is 0 Å². The van der Waals surface area contributed by atoms with E-state index in [0.717, 1.165) is 19.4 Å². The van der Waals surface area contributed by atoms with Crippen LogP contribution in [0.25, 0.3) is 0 Å². The molecular formula is C13H16N4O2. The largest absolute Gasteiger partial charge is 0.367 e. The molecule has 1 aromatic rings. The molecule has 0 radical (unpaired) electrons. The summed E-state index contributed by atoms with van der Waals surface area (Å²) in [6.07, 6.45) is 2.22. The summed E-state index contributed by atoms with van der Waals surface area (Å²) >= 11 is 0. The first kappa shape index (κ1) is 13.3. The number of hydrogen-bond acceptors (Lipinski definition) is 5. The summed E-state index contributed by atoms with van der Waals surface area (Å²) in [5, 5.41) is 23.3. The van der Waals surface area contributed by atoms with Crippen LogP contribution in [-0.2, 0) is 0 Å². The van der Waals surface area contributed by atoms with E-state index in [1.54, 1.807) is 6.07 Å². The van der Waals surface area contributed by atoms with E-state index in [4.69, 9.17) is 5.26 Å². The zero-order chi connectivity index (χ0) is 13.8. The fourth-order valence-corrected chi connectivity index (χ4v) is 2.39. The van der Waals surface area contributed by atoms with Crippen molar-refractivity contribution in [3.63, 3.8) is 0 Å². The maximum atomic E-state index is 11.0. The van der Waals surface area contributed by atoms with Crippen LogP contribution in [-0.4, -0.2) is 31.1 Å². The quantitative estimate of drug-likeness (QED) is 0.657. The molecule has 0 aromatic heterocycles. The Labute approximate surface area is 111 Å². The van der Waals surface area contributed by atoms with Crippen molar-refractivity contribution in [1.29, 1.82) is 5.26 Å². The molecule has 0 saturated carbocycles. The fraction of sp³-hybridized carbons (Fsp3) is 0.462. The first-order valence-corrected chi connectivity index (χ1v) is 6.25. The van der Waals surface area contributed by atoms with Crippen molar-refractivity contribution in [3.05, 3.63) is 33.9 Å². The Morgan fingerprint density at radius 1 is 1.63 bits per heavy atom. The van der Waals surface area contributed by atoms with Gasteiger partial charge in [-0.15, -0.1) is 0 Å². The van der Waals surface area contributed by atoms with Crippen LogP contribution in [0.1, 0.15) is 18.4 Å². The van der Waals surface area contributed by atoms with Crippen molar-refractivity contribution in [1.82, 2.24) is 5.32 Å². The van der Waals surface area contributed by atoms with E-state index in [1.165, 1.54) is 12.1 Å². The molecule has 0 aliphatic carbocycles. The summed E-state index contributed by atoms with van der Waals surface area (Å²) in [4.78, 5) is 12.5.